The van der Waals surface area contributed by atoms with Gasteiger partial charge in [-0.1, -0.05) is 23.7 Å². The highest BCUT2D eigenvalue weighted by atomic mass is 35.5. The minimum absolute atomic E-state index is 0.0326. The Balaban J connectivity index is 1.37. The lowest BCUT2D eigenvalue weighted by molar-refractivity contribution is -0.121. The van der Waals surface area contributed by atoms with Gasteiger partial charge in [0.05, 0.1) is 0 Å². The molecule has 6 nitrogen and oxygen atoms in total. The van der Waals surface area contributed by atoms with Crippen LogP contribution in [0.3, 0.4) is 0 Å². The van der Waals surface area contributed by atoms with Gasteiger partial charge in [-0.15, -0.1) is 0 Å². The zero-order chi connectivity index (χ0) is 18.4. The van der Waals surface area contributed by atoms with Gasteiger partial charge in [-0.3, -0.25) is 4.79 Å². The Bertz CT molecular complexity index is 717. The number of anilines is 1. The highest BCUT2D eigenvalue weighted by Crippen LogP contribution is 2.24. The van der Waals surface area contributed by atoms with E-state index >= 15 is 0 Å². The summed E-state index contributed by atoms with van der Waals surface area (Å²) >= 11 is 5.94. The fourth-order valence-corrected chi connectivity index (χ4v) is 3.30. The molecule has 0 aliphatic carbocycles. The quantitative estimate of drug-likeness (QED) is 0.765. The summed E-state index contributed by atoms with van der Waals surface area (Å²) in [5.41, 5.74) is 1.18. The van der Waals surface area contributed by atoms with E-state index in [2.05, 4.69) is 27.3 Å². The molecule has 2 heterocycles. The van der Waals surface area contributed by atoms with E-state index in [9.17, 15) is 4.79 Å². The van der Waals surface area contributed by atoms with Crippen molar-refractivity contribution in [3.8, 4) is 0 Å². The van der Waals surface area contributed by atoms with Crippen molar-refractivity contribution in [3.63, 3.8) is 0 Å². The Kier molecular flexibility index (Phi) is 6.50. The maximum absolute atomic E-state index is 12.1. The molecule has 1 aromatic carbocycles. The van der Waals surface area contributed by atoms with E-state index in [4.69, 9.17) is 16.1 Å². The topological polar surface area (TPSA) is 71.3 Å². The third-order valence-corrected chi connectivity index (χ3v) is 4.87. The molecule has 1 aromatic heterocycles. The number of aromatic nitrogens is 2. The zero-order valence-electron chi connectivity index (χ0n) is 15.1. The van der Waals surface area contributed by atoms with Crippen molar-refractivity contribution < 1.29 is 9.32 Å². The molecular weight excluding hydrogens is 352 g/mol. The van der Waals surface area contributed by atoms with Crippen molar-refractivity contribution in [1.82, 2.24) is 15.5 Å². The first-order valence-electron chi connectivity index (χ1n) is 9.22. The van der Waals surface area contributed by atoms with Crippen LogP contribution in [0.15, 0.2) is 28.8 Å². The molecule has 1 unspecified atom stereocenters. The molecule has 1 saturated heterocycles. The number of nitrogens with zero attached hydrogens (tertiary/aromatic N) is 3. The van der Waals surface area contributed by atoms with Crippen LogP contribution in [-0.4, -0.2) is 35.7 Å². The monoisotopic (exact) mass is 376 g/mol. The maximum atomic E-state index is 12.1. The van der Waals surface area contributed by atoms with E-state index in [0.717, 1.165) is 43.2 Å². The highest BCUT2D eigenvalue weighted by molar-refractivity contribution is 6.30. The van der Waals surface area contributed by atoms with Crippen LogP contribution < -0.4 is 10.2 Å². The predicted molar refractivity (Wildman–Crippen MR) is 101 cm³/mol. The summed E-state index contributed by atoms with van der Waals surface area (Å²) in [5, 5.41) is 7.69. The Labute approximate surface area is 158 Å². The first-order valence-corrected chi connectivity index (χ1v) is 9.60. The van der Waals surface area contributed by atoms with Gasteiger partial charge in [0.25, 0.3) is 0 Å². The third-order valence-electron chi connectivity index (χ3n) is 4.62. The fourth-order valence-electron chi connectivity index (χ4n) is 3.17. The van der Waals surface area contributed by atoms with Crippen LogP contribution in [0.1, 0.15) is 37.9 Å². The lowest BCUT2D eigenvalue weighted by Gasteiger charge is -2.19. The van der Waals surface area contributed by atoms with Crippen molar-refractivity contribution in [1.29, 1.82) is 0 Å². The Hall–Kier alpha value is -2.08. The molecular formula is C19H25ClN4O2. The normalized spacial score (nSPS) is 16.8. The number of carbonyl (C=O) groups is 1. The van der Waals surface area contributed by atoms with Gasteiger partial charge in [0.2, 0.25) is 11.8 Å². The molecule has 1 atom stereocenters. The van der Waals surface area contributed by atoms with Crippen molar-refractivity contribution in [2.24, 2.45) is 5.92 Å². The Morgan fingerprint density at radius 2 is 2.15 bits per heavy atom. The van der Waals surface area contributed by atoms with Crippen LogP contribution >= 0.6 is 11.6 Å². The lowest BCUT2D eigenvalue weighted by Crippen LogP contribution is -2.31. The Morgan fingerprint density at radius 3 is 2.92 bits per heavy atom. The van der Waals surface area contributed by atoms with Crippen molar-refractivity contribution >= 4 is 23.2 Å². The lowest BCUT2D eigenvalue weighted by atomic mass is 10.1. The first-order chi connectivity index (χ1) is 12.6. The largest absolute Gasteiger partial charge is 0.371 e. The Morgan fingerprint density at radius 1 is 1.35 bits per heavy atom. The second-order valence-corrected chi connectivity index (χ2v) is 7.17. The molecule has 0 radical (unpaired) electrons. The van der Waals surface area contributed by atoms with E-state index in [0.29, 0.717) is 31.2 Å². The number of benzene rings is 1. The van der Waals surface area contributed by atoms with Gasteiger partial charge in [0, 0.05) is 49.6 Å². The summed E-state index contributed by atoms with van der Waals surface area (Å²) in [4.78, 5) is 18.7. The van der Waals surface area contributed by atoms with Gasteiger partial charge in [-0.2, -0.15) is 4.98 Å². The number of aryl methyl sites for hydroxylation is 2. The van der Waals surface area contributed by atoms with Gasteiger partial charge < -0.3 is 14.7 Å². The standard InChI is InChI=1S/C19H25ClN4O2/c1-2-3-17-22-19(26-23-17)9-8-18(25)21-12-14-10-11-24(13-14)16-6-4-15(20)5-7-16/h4-7,14H,2-3,8-13H2,1H3,(H,21,25). The number of hydrogen-bond acceptors (Lipinski definition) is 5. The van der Waals surface area contributed by atoms with Gasteiger partial charge in [-0.05, 0) is 43.0 Å². The summed E-state index contributed by atoms with van der Waals surface area (Å²) in [6.07, 6.45) is 3.73. The van der Waals surface area contributed by atoms with E-state index in [1.807, 2.05) is 24.3 Å². The van der Waals surface area contributed by atoms with E-state index < -0.39 is 0 Å². The number of rotatable bonds is 8. The van der Waals surface area contributed by atoms with Gasteiger partial charge in [0.15, 0.2) is 5.82 Å². The smallest absolute Gasteiger partial charge is 0.227 e. The summed E-state index contributed by atoms with van der Waals surface area (Å²) in [7, 11) is 0. The van der Waals surface area contributed by atoms with E-state index in [1.54, 1.807) is 0 Å². The number of amides is 1. The first kappa shape index (κ1) is 18.7. The van der Waals surface area contributed by atoms with Crippen LogP contribution in [0.5, 0.6) is 0 Å². The summed E-state index contributed by atoms with van der Waals surface area (Å²) in [6.45, 7) is 4.73. The van der Waals surface area contributed by atoms with Crippen molar-refractivity contribution in [3.05, 3.63) is 41.0 Å². The average Bonchev–Trinajstić information content (AvgIpc) is 3.29. The fraction of sp³-hybridized carbons (Fsp3) is 0.526. The van der Waals surface area contributed by atoms with Crippen LogP contribution in [0.4, 0.5) is 5.69 Å². The summed E-state index contributed by atoms with van der Waals surface area (Å²) < 4.78 is 5.16. The van der Waals surface area contributed by atoms with Crippen LogP contribution in [0.2, 0.25) is 5.02 Å². The zero-order valence-corrected chi connectivity index (χ0v) is 15.8. The average molecular weight is 377 g/mol. The molecule has 2 aromatic rings. The predicted octanol–water partition coefficient (Wildman–Crippen LogP) is 3.25. The van der Waals surface area contributed by atoms with Crippen molar-refractivity contribution in [2.45, 2.75) is 39.0 Å². The molecule has 140 valence electrons. The molecule has 1 N–H and O–H groups in total. The highest BCUT2D eigenvalue weighted by Gasteiger charge is 2.23. The van der Waals surface area contributed by atoms with E-state index in [-0.39, 0.29) is 5.91 Å². The second kappa shape index (κ2) is 9.03. The van der Waals surface area contributed by atoms with Crippen LogP contribution in [0, 0.1) is 5.92 Å². The molecule has 0 saturated carbocycles. The minimum Gasteiger partial charge on any atom is -0.371 e. The van der Waals surface area contributed by atoms with Gasteiger partial charge in [-0.25, -0.2) is 0 Å². The molecule has 1 aliphatic heterocycles. The second-order valence-electron chi connectivity index (χ2n) is 6.74. The molecule has 0 bridgehead atoms. The van der Waals surface area contributed by atoms with Crippen molar-refractivity contribution in [2.75, 3.05) is 24.5 Å². The minimum atomic E-state index is 0.0326. The molecule has 1 fully saturated rings. The van der Waals surface area contributed by atoms with Gasteiger partial charge >= 0.3 is 0 Å². The molecule has 1 aliphatic rings. The third kappa shape index (κ3) is 5.21. The number of nitrogens with one attached hydrogen (secondary N) is 1. The molecule has 1 amide bonds. The SMILES string of the molecule is CCCc1noc(CCC(=O)NCC2CCN(c3ccc(Cl)cc3)C2)n1. The molecule has 26 heavy (non-hydrogen) atoms. The number of carbonyl (C=O) groups excluding carboxylic acids is 1. The molecule has 7 heteroatoms. The maximum Gasteiger partial charge on any atom is 0.227 e. The summed E-state index contributed by atoms with van der Waals surface area (Å²) in [6, 6.07) is 7.91. The molecule has 3 rings (SSSR count). The van der Waals surface area contributed by atoms with Gasteiger partial charge in [0.1, 0.15) is 0 Å². The van der Waals surface area contributed by atoms with E-state index in [1.165, 1.54) is 5.69 Å². The van der Waals surface area contributed by atoms with Crippen LogP contribution in [0.25, 0.3) is 0 Å². The molecule has 0 spiro atoms. The van der Waals surface area contributed by atoms with Crippen LogP contribution in [-0.2, 0) is 17.6 Å². The summed E-state index contributed by atoms with van der Waals surface area (Å²) in [5.74, 6) is 1.76. The number of hydrogen-bond donors (Lipinski definition) is 1. The number of halogens is 1.